The van der Waals surface area contributed by atoms with E-state index >= 15 is 0 Å². The number of rotatable bonds is 4. The lowest BCUT2D eigenvalue weighted by Gasteiger charge is -2.03. The van der Waals surface area contributed by atoms with Crippen LogP contribution in [-0.2, 0) is 12.2 Å². The number of hydrogen-bond donors (Lipinski definition) is 1. The normalized spacial score (nSPS) is 11.1. The fourth-order valence-corrected chi connectivity index (χ4v) is 3.48. The summed E-state index contributed by atoms with van der Waals surface area (Å²) < 4.78 is 1.36. The molecule has 0 saturated carbocycles. The molecule has 3 rings (SSSR count). The highest BCUT2D eigenvalue weighted by Gasteiger charge is 2.09. The molecular formula is C13H13N5OS2. The summed E-state index contributed by atoms with van der Waals surface area (Å²) in [4.78, 5) is 22.0. The molecule has 3 heterocycles. The molecule has 0 bridgehead atoms. The quantitative estimate of drug-likeness (QED) is 0.740. The van der Waals surface area contributed by atoms with Crippen molar-refractivity contribution in [1.29, 1.82) is 0 Å². The van der Waals surface area contributed by atoms with Gasteiger partial charge in [-0.2, -0.15) is 9.61 Å². The molecule has 0 fully saturated rings. The summed E-state index contributed by atoms with van der Waals surface area (Å²) in [5, 5.41) is 5.13. The highest BCUT2D eigenvalue weighted by molar-refractivity contribution is 7.98. The third kappa shape index (κ3) is 2.91. The first-order valence-electron chi connectivity index (χ1n) is 6.38. The van der Waals surface area contributed by atoms with Crippen molar-refractivity contribution < 1.29 is 0 Å². The van der Waals surface area contributed by atoms with Crippen LogP contribution < -0.4 is 11.3 Å². The summed E-state index contributed by atoms with van der Waals surface area (Å²) in [5.74, 6) is 0.583. The van der Waals surface area contributed by atoms with E-state index in [1.807, 2.05) is 13.0 Å². The third-order valence-corrected chi connectivity index (χ3v) is 5.00. The Bertz CT molecular complexity index is 842. The Kier molecular flexibility index (Phi) is 3.89. The van der Waals surface area contributed by atoms with Gasteiger partial charge in [0.15, 0.2) is 0 Å². The topological polar surface area (TPSA) is 86.2 Å². The van der Waals surface area contributed by atoms with Gasteiger partial charge in [0.2, 0.25) is 4.96 Å². The van der Waals surface area contributed by atoms with Crippen LogP contribution in [0.2, 0.25) is 0 Å². The number of aromatic nitrogens is 4. The van der Waals surface area contributed by atoms with E-state index in [2.05, 4.69) is 15.1 Å². The van der Waals surface area contributed by atoms with E-state index in [1.54, 1.807) is 12.4 Å². The molecule has 0 aromatic carbocycles. The maximum absolute atomic E-state index is 12.0. The van der Waals surface area contributed by atoms with Gasteiger partial charge < -0.3 is 5.73 Å². The zero-order valence-corrected chi connectivity index (χ0v) is 12.9. The minimum atomic E-state index is -0.144. The summed E-state index contributed by atoms with van der Waals surface area (Å²) in [6, 6.07) is 3.38. The van der Waals surface area contributed by atoms with Crippen molar-refractivity contribution in [2.75, 3.05) is 5.73 Å². The Balaban J connectivity index is 1.87. The van der Waals surface area contributed by atoms with Gasteiger partial charge >= 0.3 is 0 Å². The molecule has 3 aromatic heterocycles. The van der Waals surface area contributed by atoms with Gasteiger partial charge in [-0.15, -0.1) is 11.8 Å². The molecule has 0 radical (unpaired) electrons. The highest BCUT2D eigenvalue weighted by atomic mass is 32.2. The van der Waals surface area contributed by atoms with E-state index < -0.39 is 0 Å². The predicted octanol–water partition coefficient (Wildman–Crippen LogP) is 1.98. The lowest BCUT2D eigenvalue weighted by Crippen LogP contribution is -2.15. The van der Waals surface area contributed by atoms with Crippen molar-refractivity contribution in [3.8, 4) is 0 Å². The van der Waals surface area contributed by atoms with Crippen molar-refractivity contribution >= 4 is 33.7 Å². The summed E-state index contributed by atoms with van der Waals surface area (Å²) in [6.45, 7) is 2.01. The first kappa shape index (κ1) is 14.0. The van der Waals surface area contributed by atoms with Crippen LogP contribution in [0.15, 0.2) is 34.2 Å². The maximum Gasteiger partial charge on any atom is 0.275 e. The smallest absolute Gasteiger partial charge is 0.275 e. The average Bonchev–Trinajstić information content (AvgIpc) is 2.90. The summed E-state index contributed by atoms with van der Waals surface area (Å²) in [5.41, 5.74) is 7.06. The van der Waals surface area contributed by atoms with Crippen molar-refractivity contribution in [1.82, 2.24) is 19.6 Å². The van der Waals surface area contributed by atoms with Crippen LogP contribution in [0.25, 0.3) is 4.96 Å². The number of nitrogens with zero attached hydrogens (tertiary/aromatic N) is 4. The Morgan fingerprint density at radius 1 is 1.48 bits per heavy atom. The van der Waals surface area contributed by atoms with Crippen LogP contribution in [-0.4, -0.2) is 19.6 Å². The van der Waals surface area contributed by atoms with Gasteiger partial charge in [0, 0.05) is 22.9 Å². The predicted molar refractivity (Wildman–Crippen MR) is 84.7 cm³/mol. The van der Waals surface area contributed by atoms with Crippen LogP contribution in [0.1, 0.15) is 17.6 Å². The molecule has 0 spiro atoms. The van der Waals surface area contributed by atoms with Gasteiger partial charge in [0.1, 0.15) is 5.01 Å². The van der Waals surface area contributed by atoms with Gasteiger partial charge in [-0.05, 0) is 12.5 Å². The Hall–Kier alpha value is -1.93. The van der Waals surface area contributed by atoms with Crippen LogP contribution in [0.3, 0.4) is 0 Å². The van der Waals surface area contributed by atoms with Crippen molar-refractivity contribution in [2.24, 2.45) is 0 Å². The molecule has 0 saturated heterocycles. The zero-order chi connectivity index (χ0) is 14.8. The second-order valence-electron chi connectivity index (χ2n) is 4.33. The molecular weight excluding hydrogens is 306 g/mol. The number of aryl methyl sites for hydroxylation is 1. The molecule has 3 aromatic rings. The number of hydrogen-bond acceptors (Lipinski definition) is 7. The highest BCUT2D eigenvalue weighted by Crippen LogP contribution is 2.26. The van der Waals surface area contributed by atoms with E-state index in [-0.39, 0.29) is 5.56 Å². The fraction of sp³-hybridized carbons (Fsp3) is 0.231. The van der Waals surface area contributed by atoms with E-state index in [0.29, 0.717) is 16.4 Å². The molecule has 108 valence electrons. The molecule has 6 nitrogen and oxygen atoms in total. The minimum Gasteiger partial charge on any atom is -0.397 e. The van der Waals surface area contributed by atoms with Crippen LogP contribution >= 0.6 is 23.1 Å². The number of pyridine rings is 1. The second kappa shape index (κ2) is 5.82. The first-order chi connectivity index (χ1) is 10.2. The van der Waals surface area contributed by atoms with Crippen molar-refractivity contribution in [3.63, 3.8) is 0 Å². The number of nitrogens with two attached hydrogens (primary N) is 1. The molecule has 2 N–H and O–H groups in total. The van der Waals surface area contributed by atoms with Crippen LogP contribution in [0.5, 0.6) is 0 Å². The monoisotopic (exact) mass is 319 g/mol. The van der Waals surface area contributed by atoms with E-state index in [1.165, 1.54) is 33.7 Å². The molecule has 0 aliphatic rings. The SMILES string of the molecule is CCc1nn2c(=O)cc(CSc3ccncc3N)nc2s1. The number of fused-ring (bicyclic) bond motifs is 1. The van der Waals surface area contributed by atoms with Crippen LogP contribution in [0, 0.1) is 0 Å². The number of anilines is 1. The molecule has 0 aliphatic carbocycles. The molecule has 0 amide bonds. The molecule has 8 heteroatoms. The van der Waals surface area contributed by atoms with Gasteiger partial charge in [-0.25, -0.2) is 4.98 Å². The zero-order valence-electron chi connectivity index (χ0n) is 11.3. The van der Waals surface area contributed by atoms with E-state index in [0.717, 1.165) is 22.0 Å². The summed E-state index contributed by atoms with van der Waals surface area (Å²) in [6.07, 6.45) is 4.11. The first-order valence-corrected chi connectivity index (χ1v) is 8.18. The maximum atomic E-state index is 12.0. The minimum absolute atomic E-state index is 0.144. The Morgan fingerprint density at radius 2 is 2.33 bits per heavy atom. The van der Waals surface area contributed by atoms with Gasteiger partial charge in [0.05, 0.1) is 17.6 Å². The number of nitrogen functional groups attached to an aromatic ring is 1. The molecule has 0 aliphatic heterocycles. The Morgan fingerprint density at radius 3 is 3.10 bits per heavy atom. The van der Waals surface area contributed by atoms with Crippen LogP contribution in [0.4, 0.5) is 5.69 Å². The standard InChI is InChI=1S/C13H13N5OS2/c1-2-11-17-18-12(19)5-8(16-13(18)21-11)7-20-10-3-4-15-6-9(10)14/h3-6H,2,7,14H2,1H3. The van der Waals surface area contributed by atoms with E-state index in [4.69, 9.17) is 5.73 Å². The van der Waals surface area contributed by atoms with Gasteiger partial charge in [-0.1, -0.05) is 18.3 Å². The number of thioether (sulfide) groups is 1. The Labute approximate surface area is 129 Å². The fourth-order valence-electron chi connectivity index (χ4n) is 1.79. The lowest BCUT2D eigenvalue weighted by atomic mass is 10.4. The van der Waals surface area contributed by atoms with Crippen molar-refractivity contribution in [2.45, 2.75) is 24.0 Å². The molecule has 0 unspecified atom stereocenters. The molecule has 0 atom stereocenters. The third-order valence-electron chi connectivity index (χ3n) is 2.83. The van der Waals surface area contributed by atoms with Gasteiger partial charge in [0.25, 0.3) is 5.56 Å². The summed E-state index contributed by atoms with van der Waals surface area (Å²) in [7, 11) is 0. The lowest BCUT2D eigenvalue weighted by molar-refractivity contribution is 0.852. The molecule has 21 heavy (non-hydrogen) atoms. The van der Waals surface area contributed by atoms with Crippen molar-refractivity contribution in [3.05, 3.63) is 45.6 Å². The van der Waals surface area contributed by atoms with E-state index in [9.17, 15) is 4.79 Å². The largest absolute Gasteiger partial charge is 0.397 e. The summed E-state index contributed by atoms with van der Waals surface area (Å²) >= 11 is 2.99. The second-order valence-corrected chi connectivity index (χ2v) is 6.39. The van der Waals surface area contributed by atoms with Gasteiger partial charge in [-0.3, -0.25) is 9.78 Å². The average molecular weight is 319 g/mol.